The molecule has 0 spiro atoms. The van der Waals surface area contributed by atoms with E-state index in [1.807, 2.05) is 4.90 Å². The molecular formula is C20H23NOS. The normalized spacial score (nSPS) is 14.2. The molecule has 0 aliphatic carbocycles. The first-order valence-corrected chi connectivity index (χ1v) is 9.36. The van der Waals surface area contributed by atoms with E-state index >= 15 is 0 Å². The highest BCUT2D eigenvalue weighted by atomic mass is 32.2. The number of carbonyl (C=O) groups excluding carboxylic acids is 1. The van der Waals surface area contributed by atoms with E-state index in [0.29, 0.717) is 5.75 Å². The van der Waals surface area contributed by atoms with E-state index in [1.165, 1.54) is 22.3 Å². The van der Waals surface area contributed by atoms with E-state index in [2.05, 4.69) is 55.5 Å². The van der Waals surface area contributed by atoms with Crippen LogP contribution < -0.4 is 0 Å². The molecule has 1 heterocycles. The van der Waals surface area contributed by atoms with Gasteiger partial charge in [-0.15, -0.1) is 11.8 Å². The summed E-state index contributed by atoms with van der Waals surface area (Å²) in [6.45, 7) is 3.79. The van der Waals surface area contributed by atoms with Crippen LogP contribution in [-0.2, 0) is 23.4 Å². The van der Waals surface area contributed by atoms with Gasteiger partial charge in [-0.2, -0.15) is 0 Å². The lowest BCUT2D eigenvalue weighted by atomic mass is 10.0. The van der Waals surface area contributed by atoms with Gasteiger partial charge in [-0.25, -0.2) is 0 Å². The lowest BCUT2D eigenvalue weighted by Crippen LogP contribution is -2.34. The second kappa shape index (κ2) is 7.69. The Morgan fingerprint density at radius 3 is 2.22 bits per heavy atom. The van der Waals surface area contributed by atoms with Gasteiger partial charge in [-0.3, -0.25) is 4.79 Å². The average molecular weight is 325 g/mol. The van der Waals surface area contributed by atoms with Gasteiger partial charge >= 0.3 is 0 Å². The van der Waals surface area contributed by atoms with Gasteiger partial charge in [-0.1, -0.05) is 54.1 Å². The molecule has 3 rings (SSSR count). The average Bonchev–Trinajstić information content (AvgIpc) is 2.79. The monoisotopic (exact) mass is 325 g/mol. The molecule has 2 nitrogen and oxygen atoms in total. The van der Waals surface area contributed by atoms with E-state index in [9.17, 15) is 4.79 Å². The zero-order valence-electron chi connectivity index (χ0n) is 13.6. The highest BCUT2D eigenvalue weighted by Crippen LogP contribution is 2.18. The molecule has 0 saturated heterocycles. The van der Waals surface area contributed by atoms with Crippen molar-refractivity contribution in [2.45, 2.75) is 25.5 Å². The molecule has 120 valence electrons. The van der Waals surface area contributed by atoms with Crippen LogP contribution in [0.4, 0.5) is 0 Å². The van der Waals surface area contributed by atoms with Gasteiger partial charge in [0.2, 0.25) is 5.91 Å². The Morgan fingerprint density at radius 1 is 1.00 bits per heavy atom. The molecule has 2 aromatic rings. The smallest absolute Gasteiger partial charge is 0.232 e. The van der Waals surface area contributed by atoms with Crippen LogP contribution in [0.25, 0.3) is 0 Å². The van der Waals surface area contributed by atoms with Crippen molar-refractivity contribution in [3.63, 3.8) is 0 Å². The van der Waals surface area contributed by atoms with Gasteiger partial charge in [0.25, 0.3) is 0 Å². The lowest BCUT2D eigenvalue weighted by molar-refractivity contribution is -0.128. The van der Waals surface area contributed by atoms with Crippen LogP contribution in [0.5, 0.6) is 0 Å². The minimum absolute atomic E-state index is 0.273. The highest BCUT2D eigenvalue weighted by molar-refractivity contribution is 7.99. The molecule has 0 fully saturated rings. The van der Waals surface area contributed by atoms with E-state index in [1.54, 1.807) is 11.8 Å². The number of fused-ring (bicyclic) bond motifs is 1. The van der Waals surface area contributed by atoms with Crippen molar-refractivity contribution in [2.75, 3.05) is 18.8 Å². The van der Waals surface area contributed by atoms with Gasteiger partial charge in [-0.05, 0) is 36.5 Å². The number of thioether (sulfide) groups is 1. The summed E-state index contributed by atoms with van der Waals surface area (Å²) in [5.41, 5.74) is 5.36. The van der Waals surface area contributed by atoms with Crippen LogP contribution in [0.3, 0.4) is 0 Å². The van der Waals surface area contributed by atoms with Crippen LogP contribution in [0, 0.1) is 6.92 Å². The molecule has 0 bridgehead atoms. The summed E-state index contributed by atoms with van der Waals surface area (Å²) < 4.78 is 0. The number of amides is 1. The fourth-order valence-electron chi connectivity index (χ4n) is 2.95. The van der Waals surface area contributed by atoms with Gasteiger partial charge in [0, 0.05) is 18.8 Å². The summed E-state index contributed by atoms with van der Waals surface area (Å²) >= 11 is 1.71. The third-order valence-corrected chi connectivity index (χ3v) is 5.38. The fraction of sp³-hybridized carbons (Fsp3) is 0.350. The third-order valence-electron chi connectivity index (χ3n) is 4.39. The summed E-state index contributed by atoms with van der Waals surface area (Å²) in [6.07, 6.45) is 1.95. The Labute approximate surface area is 142 Å². The van der Waals surface area contributed by atoms with Gasteiger partial charge < -0.3 is 4.90 Å². The molecule has 0 saturated carbocycles. The topological polar surface area (TPSA) is 20.3 Å². The molecule has 1 amide bonds. The van der Waals surface area contributed by atoms with Crippen molar-refractivity contribution in [1.82, 2.24) is 4.90 Å². The van der Waals surface area contributed by atoms with E-state index in [4.69, 9.17) is 0 Å². The molecule has 0 radical (unpaired) electrons. The number of hydrogen-bond acceptors (Lipinski definition) is 2. The number of rotatable bonds is 4. The van der Waals surface area contributed by atoms with Crippen molar-refractivity contribution >= 4 is 17.7 Å². The fourth-order valence-corrected chi connectivity index (χ4v) is 3.84. The first-order valence-electron chi connectivity index (χ1n) is 8.20. The maximum atomic E-state index is 12.5. The Hall–Kier alpha value is -1.74. The molecule has 23 heavy (non-hydrogen) atoms. The van der Waals surface area contributed by atoms with Crippen LogP contribution in [0.1, 0.15) is 22.3 Å². The lowest BCUT2D eigenvalue weighted by Gasteiger charge is -2.20. The minimum Gasteiger partial charge on any atom is -0.341 e. The Morgan fingerprint density at radius 2 is 1.61 bits per heavy atom. The number of carbonyl (C=O) groups is 1. The Balaban J connectivity index is 1.48. The molecule has 3 heteroatoms. The van der Waals surface area contributed by atoms with Crippen molar-refractivity contribution in [3.8, 4) is 0 Å². The molecule has 1 aliphatic heterocycles. The van der Waals surface area contributed by atoms with Gasteiger partial charge in [0.1, 0.15) is 0 Å². The third kappa shape index (κ3) is 4.38. The largest absolute Gasteiger partial charge is 0.341 e. The van der Waals surface area contributed by atoms with Gasteiger partial charge in [0.15, 0.2) is 0 Å². The number of hydrogen-bond donors (Lipinski definition) is 0. The standard InChI is InChI=1S/C20H23NOS/c1-16-6-8-17(9-7-16)14-23-15-20(22)21-12-10-18-4-2-3-5-19(18)11-13-21/h2-9H,10-15H2,1H3. The first kappa shape index (κ1) is 16.1. The summed E-state index contributed by atoms with van der Waals surface area (Å²) in [7, 11) is 0. The van der Waals surface area contributed by atoms with Crippen LogP contribution in [0.15, 0.2) is 48.5 Å². The first-order chi connectivity index (χ1) is 11.2. The maximum absolute atomic E-state index is 12.5. The molecule has 1 aliphatic rings. The molecule has 0 atom stereocenters. The van der Waals surface area contributed by atoms with Crippen LogP contribution in [0.2, 0.25) is 0 Å². The van der Waals surface area contributed by atoms with E-state index in [0.717, 1.165) is 31.7 Å². The summed E-state index contributed by atoms with van der Waals surface area (Å²) in [4.78, 5) is 14.5. The van der Waals surface area contributed by atoms with E-state index in [-0.39, 0.29) is 5.91 Å². The van der Waals surface area contributed by atoms with Crippen molar-refractivity contribution in [3.05, 3.63) is 70.8 Å². The highest BCUT2D eigenvalue weighted by Gasteiger charge is 2.17. The van der Waals surface area contributed by atoms with Crippen LogP contribution >= 0.6 is 11.8 Å². The number of benzene rings is 2. The van der Waals surface area contributed by atoms with Crippen molar-refractivity contribution in [2.24, 2.45) is 0 Å². The minimum atomic E-state index is 0.273. The zero-order valence-corrected chi connectivity index (χ0v) is 14.4. The van der Waals surface area contributed by atoms with Crippen LogP contribution in [-0.4, -0.2) is 29.6 Å². The summed E-state index contributed by atoms with van der Waals surface area (Å²) in [6, 6.07) is 17.1. The molecule has 2 aromatic carbocycles. The molecule has 0 unspecified atom stereocenters. The summed E-state index contributed by atoms with van der Waals surface area (Å²) in [5, 5.41) is 0. The number of aryl methyl sites for hydroxylation is 1. The SMILES string of the molecule is Cc1ccc(CSCC(=O)N2CCc3ccccc3CC2)cc1. The summed E-state index contributed by atoms with van der Waals surface area (Å²) in [5.74, 6) is 1.75. The Bertz CT molecular complexity index is 639. The molecular weight excluding hydrogens is 302 g/mol. The molecule has 0 N–H and O–H groups in total. The predicted molar refractivity (Wildman–Crippen MR) is 97.8 cm³/mol. The Kier molecular flexibility index (Phi) is 5.39. The van der Waals surface area contributed by atoms with Crippen molar-refractivity contribution < 1.29 is 4.79 Å². The quantitative estimate of drug-likeness (QED) is 0.851. The van der Waals surface area contributed by atoms with Crippen molar-refractivity contribution in [1.29, 1.82) is 0 Å². The second-order valence-corrected chi connectivity index (χ2v) is 7.11. The maximum Gasteiger partial charge on any atom is 0.232 e. The second-order valence-electron chi connectivity index (χ2n) is 6.13. The van der Waals surface area contributed by atoms with Gasteiger partial charge in [0.05, 0.1) is 5.75 Å². The van der Waals surface area contributed by atoms with E-state index < -0.39 is 0 Å². The predicted octanol–water partition coefficient (Wildman–Crippen LogP) is 3.86. The zero-order chi connectivity index (χ0) is 16.1. The number of nitrogens with zero attached hydrogens (tertiary/aromatic N) is 1. The molecule has 0 aromatic heterocycles.